The molecule has 160 valence electrons. The summed E-state index contributed by atoms with van der Waals surface area (Å²) in [5.74, 6) is 1.83. The van der Waals surface area contributed by atoms with Crippen molar-refractivity contribution in [1.82, 2.24) is 15.4 Å². The number of rotatable bonds is 5. The minimum absolute atomic E-state index is 0.0554. The van der Waals surface area contributed by atoms with Crippen LogP contribution in [0.5, 0.6) is 0 Å². The van der Waals surface area contributed by atoms with Crippen LogP contribution in [0.15, 0.2) is 10.6 Å². The van der Waals surface area contributed by atoms with E-state index < -0.39 is 0 Å². The summed E-state index contributed by atoms with van der Waals surface area (Å²) in [5, 5.41) is 7.07. The zero-order chi connectivity index (χ0) is 20.5. The van der Waals surface area contributed by atoms with Crippen LogP contribution in [0, 0.1) is 11.8 Å². The molecule has 29 heavy (non-hydrogen) atoms. The van der Waals surface area contributed by atoms with Crippen molar-refractivity contribution in [2.45, 2.75) is 89.3 Å². The zero-order valence-corrected chi connectivity index (χ0v) is 17.6. The maximum absolute atomic E-state index is 13.2. The Bertz CT molecular complexity index is 734. The quantitative estimate of drug-likeness (QED) is 0.789. The number of hydrogen-bond donors (Lipinski definition) is 2. The maximum atomic E-state index is 13.2. The molecule has 0 bridgehead atoms. The number of nitrogens with zero attached hydrogens (tertiary/aromatic N) is 2. The predicted octanol–water partition coefficient (Wildman–Crippen LogP) is 2.81. The highest BCUT2D eigenvalue weighted by Crippen LogP contribution is 2.40. The van der Waals surface area contributed by atoms with Gasteiger partial charge in [-0.15, -0.1) is 0 Å². The second-order valence-corrected chi connectivity index (χ2v) is 9.54. The molecule has 0 radical (unpaired) electrons. The number of aromatic nitrogens is 1. The van der Waals surface area contributed by atoms with Gasteiger partial charge in [0.1, 0.15) is 5.76 Å². The highest BCUT2D eigenvalue weighted by atomic mass is 16.5. The van der Waals surface area contributed by atoms with Gasteiger partial charge in [-0.3, -0.25) is 9.59 Å². The molecular weight excluding hydrogens is 368 g/mol. The van der Waals surface area contributed by atoms with E-state index in [9.17, 15) is 9.59 Å². The SMILES string of the molecule is CC(C)C1CC(NC(=O)c2cc(C3CC3)on2)CCN1C(=O)[C@H]1CC[C@H](N)CC1. The first-order valence-corrected chi connectivity index (χ1v) is 11.3. The molecule has 2 unspecified atom stereocenters. The van der Waals surface area contributed by atoms with E-state index in [1.807, 2.05) is 0 Å². The molecule has 3 aliphatic rings. The number of hydrogen-bond acceptors (Lipinski definition) is 5. The Balaban J connectivity index is 1.35. The molecule has 1 aliphatic heterocycles. The topological polar surface area (TPSA) is 101 Å². The van der Waals surface area contributed by atoms with Crippen LogP contribution in [0.1, 0.15) is 87.4 Å². The van der Waals surface area contributed by atoms with Crippen molar-refractivity contribution in [2.24, 2.45) is 17.6 Å². The van der Waals surface area contributed by atoms with Gasteiger partial charge in [-0.05, 0) is 57.3 Å². The van der Waals surface area contributed by atoms with Crippen LogP contribution in [0.2, 0.25) is 0 Å². The lowest BCUT2D eigenvalue weighted by Gasteiger charge is -2.44. The van der Waals surface area contributed by atoms with Crippen LogP contribution in [0.3, 0.4) is 0 Å². The number of nitrogens with two attached hydrogens (primary N) is 1. The van der Waals surface area contributed by atoms with E-state index in [0.717, 1.165) is 57.1 Å². The minimum atomic E-state index is -0.172. The normalized spacial score (nSPS) is 30.4. The Morgan fingerprint density at radius 2 is 1.90 bits per heavy atom. The largest absolute Gasteiger partial charge is 0.360 e. The lowest BCUT2D eigenvalue weighted by Crippen LogP contribution is -2.55. The molecule has 2 aliphatic carbocycles. The van der Waals surface area contributed by atoms with Crippen molar-refractivity contribution in [3.8, 4) is 0 Å². The Labute approximate surface area is 172 Å². The fourth-order valence-corrected chi connectivity index (χ4v) is 4.85. The third-order valence-corrected chi connectivity index (χ3v) is 6.89. The van der Waals surface area contributed by atoms with Gasteiger partial charge < -0.3 is 20.5 Å². The molecule has 1 aromatic heterocycles. The van der Waals surface area contributed by atoms with Crippen LogP contribution >= 0.6 is 0 Å². The Morgan fingerprint density at radius 1 is 1.17 bits per heavy atom. The standard InChI is InChI=1S/C22H34N4O3/c1-13(2)19-11-17(24-21(27)18-12-20(29-25-18)14-3-4-14)9-10-26(19)22(28)15-5-7-16(23)8-6-15/h12-17,19H,3-11,23H2,1-2H3,(H,24,27)/t15-,16-,17?,19?. The van der Waals surface area contributed by atoms with Gasteiger partial charge in [0.25, 0.3) is 5.91 Å². The average molecular weight is 403 g/mol. The molecule has 3 N–H and O–H groups in total. The lowest BCUT2D eigenvalue weighted by atomic mass is 9.83. The van der Waals surface area contributed by atoms with Crippen molar-refractivity contribution in [1.29, 1.82) is 0 Å². The molecular formula is C22H34N4O3. The van der Waals surface area contributed by atoms with E-state index in [1.165, 1.54) is 0 Å². The summed E-state index contributed by atoms with van der Waals surface area (Å²) >= 11 is 0. The molecule has 2 atom stereocenters. The summed E-state index contributed by atoms with van der Waals surface area (Å²) in [6.45, 7) is 5.01. The first-order chi connectivity index (χ1) is 13.9. The van der Waals surface area contributed by atoms with E-state index in [1.54, 1.807) is 6.07 Å². The molecule has 0 spiro atoms. The van der Waals surface area contributed by atoms with Crippen molar-refractivity contribution in [3.05, 3.63) is 17.5 Å². The van der Waals surface area contributed by atoms with Crippen LogP contribution in [-0.4, -0.2) is 46.5 Å². The Morgan fingerprint density at radius 3 is 2.55 bits per heavy atom. The Hall–Kier alpha value is -1.89. The molecule has 3 fully saturated rings. The number of amides is 2. The van der Waals surface area contributed by atoms with Gasteiger partial charge in [0, 0.05) is 42.6 Å². The summed E-state index contributed by atoms with van der Waals surface area (Å²) in [6, 6.07) is 2.23. The van der Waals surface area contributed by atoms with Gasteiger partial charge in [0.05, 0.1) is 0 Å². The first kappa shape index (κ1) is 20.4. The van der Waals surface area contributed by atoms with Gasteiger partial charge in [-0.2, -0.15) is 0 Å². The zero-order valence-electron chi connectivity index (χ0n) is 17.6. The third kappa shape index (κ3) is 4.65. The first-order valence-electron chi connectivity index (χ1n) is 11.3. The van der Waals surface area contributed by atoms with Crippen molar-refractivity contribution < 1.29 is 14.1 Å². The second-order valence-electron chi connectivity index (χ2n) is 9.54. The summed E-state index contributed by atoms with van der Waals surface area (Å²) in [7, 11) is 0. The Kier molecular flexibility index (Phi) is 5.95. The fourth-order valence-electron chi connectivity index (χ4n) is 4.85. The number of carbonyl (C=O) groups is 2. The molecule has 2 saturated carbocycles. The molecule has 1 saturated heterocycles. The fraction of sp³-hybridized carbons (Fsp3) is 0.773. The molecule has 2 heterocycles. The van der Waals surface area contributed by atoms with Crippen molar-refractivity contribution in [3.63, 3.8) is 0 Å². The lowest BCUT2D eigenvalue weighted by molar-refractivity contribution is -0.142. The van der Waals surface area contributed by atoms with E-state index in [0.29, 0.717) is 24.1 Å². The summed E-state index contributed by atoms with van der Waals surface area (Å²) in [4.78, 5) is 27.9. The van der Waals surface area contributed by atoms with Crippen LogP contribution in [-0.2, 0) is 4.79 Å². The molecule has 4 rings (SSSR count). The van der Waals surface area contributed by atoms with Gasteiger partial charge in [-0.25, -0.2) is 0 Å². The summed E-state index contributed by atoms with van der Waals surface area (Å²) < 4.78 is 5.31. The monoisotopic (exact) mass is 402 g/mol. The molecule has 7 nitrogen and oxygen atoms in total. The van der Waals surface area contributed by atoms with Gasteiger partial charge in [0.2, 0.25) is 5.91 Å². The number of nitrogens with one attached hydrogen (secondary N) is 1. The van der Waals surface area contributed by atoms with Crippen LogP contribution in [0.4, 0.5) is 0 Å². The molecule has 7 heteroatoms. The van der Waals surface area contributed by atoms with Crippen molar-refractivity contribution >= 4 is 11.8 Å². The van der Waals surface area contributed by atoms with Gasteiger partial charge in [-0.1, -0.05) is 19.0 Å². The molecule has 0 aromatic carbocycles. The summed E-state index contributed by atoms with van der Waals surface area (Å²) in [5.41, 5.74) is 6.37. The minimum Gasteiger partial charge on any atom is -0.360 e. The summed E-state index contributed by atoms with van der Waals surface area (Å²) in [6.07, 6.45) is 7.48. The highest BCUT2D eigenvalue weighted by Gasteiger charge is 2.38. The van der Waals surface area contributed by atoms with E-state index in [2.05, 4.69) is 29.2 Å². The van der Waals surface area contributed by atoms with E-state index in [-0.39, 0.29) is 35.9 Å². The number of likely N-dealkylation sites (tertiary alicyclic amines) is 1. The van der Waals surface area contributed by atoms with Gasteiger partial charge >= 0.3 is 0 Å². The predicted molar refractivity (Wildman–Crippen MR) is 109 cm³/mol. The molecule has 2 amide bonds. The highest BCUT2D eigenvalue weighted by molar-refractivity contribution is 5.92. The van der Waals surface area contributed by atoms with Crippen molar-refractivity contribution in [2.75, 3.05) is 6.54 Å². The number of piperidine rings is 1. The van der Waals surface area contributed by atoms with E-state index >= 15 is 0 Å². The van der Waals surface area contributed by atoms with Crippen LogP contribution in [0.25, 0.3) is 0 Å². The maximum Gasteiger partial charge on any atom is 0.273 e. The smallest absolute Gasteiger partial charge is 0.273 e. The number of carbonyl (C=O) groups excluding carboxylic acids is 2. The van der Waals surface area contributed by atoms with Gasteiger partial charge in [0.15, 0.2) is 5.69 Å². The van der Waals surface area contributed by atoms with Crippen LogP contribution < -0.4 is 11.1 Å². The average Bonchev–Trinajstić information content (AvgIpc) is 3.44. The second kappa shape index (κ2) is 8.46. The van der Waals surface area contributed by atoms with E-state index in [4.69, 9.17) is 10.3 Å². The molecule has 1 aromatic rings. The third-order valence-electron chi connectivity index (χ3n) is 6.89.